The number of benzene rings is 1. The predicted molar refractivity (Wildman–Crippen MR) is 112 cm³/mol. The minimum Gasteiger partial charge on any atom is -0.346 e. The molecule has 29 heavy (non-hydrogen) atoms. The van der Waals surface area contributed by atoms with Crippen molar-refractivity contribution in [2.75, 3.05) is 6.54 Å². The smallest absolute Gasteiger partial charge is 0.254 e. The largest absolute Gasteiger partial charge is 0.346 e. The molecular weight excluding hydrogens is 362 g/mol. The summed E-state index contributed by atoms with van der Waals surface area (Å²) in [5.41, 5.74) is 3.79. The van der Waals surface area contributed by atoms with Gasteiger partial charge in [-0.15, -0.1) is 0 Å². The van der Waals surface area contributed by atoms with E-state index in [1.807, 2.05) is 47.6 Å². The van der Waals surface area contributed by atoms with Crippen molar-refractivity contribution in [3.8, 4) is 11.3 Å². The molecule has 6 nitrogen and oxygen atoms in total. The number of likely N-dealkylation sites (tertiary alicyclic amines) is 1. The van der Waals surface area contributed by atoms with Crippen molar-refractivity contribution in [1.29, 1.82) is 0 Å². The Hall–Kier alpha value is -3.41. The van der Waals surface area contributed by atoms with Crippen LogP contribution in [0.15, 0.2) is 67.3 Å². The molecule has 0 aliphatic carbocycles. The molecule has 0 spiro atoms. The van der Waals surface area contributed by atoms with Gasteiger partial charge in [-0.1, -0.05) is 18.2 Å². The number of aromatic amines is 1. The number of aromatic nitrogens is 4. The molecule has 1 amide bonds. The summed E-state index contributed by atoms with van der Waals surface area (Å²) in [4.78, 5) is 19.5. The van der Waals surface area contributed by atoms with E-state index in [-0.39, 0.29) is 11.9 Å². The van der Waals surface area contributed by atoms with E-state index in [0.717, 1.165) is 41.8 Å². The Morgan fingerprint density at radius 2 is 2.07 bits per heavy atom. The van der Waals surface area contributed by atoms with Crippen molar-refractivity contribution < 1.29 is 4.79 Å². The van der Waals surface area contributed by atoms with Crippen LogP contribution in [0.4, 0.5) is 0 Å². The molecular formula is C23H23N5O. The highest BCUT2D eigenvalue weighted by atomic mass is 16.2. The van der Waals surface area contributed by atoms with E-state index in [2.05, 4.69) is 45.0 Å². The summed E-state index contributed by atoms with van der Waals surface area (Å²) in [6.45, 7) is 3.82. The maximum atomic E-state index is 12.9. The summed E-state index contributed by atoms with van der Waals surface area (Å²) in [5.74, 6) is 0.561. The molecule has 1 aliphatic rings. The lowest BCUT2D eigenvalue weighted by molar-refractivity contribution is 0.0742. The van der Waals surface area contributed by atoms with Gasteiger partial charge in [-0.2, -0.15) is 5.10 Å². The van der Waals surface area contributed by atoms with Crippen LogP contribution in [0.1, 0.15) is 23.7 Å². The number of rotatable bonds is 4. The van der Waals surface area contributed by atoms with Crippen molar-refractivity contribution >= 4 is 16.8 Å². The second-order valence-corrected chi connectivity index (χ2v) is 7.86. The van der Waals surface area contributed by atoms with Gasteiger partial charge in [0.15, 0.2) is 0 Å². The Morgan fingerprint density at radius 1 is 1.21 bits per heavy atom. The molecule has 1 unspecified atom stereocenters. The normalized spacial score (nSPS) is 19.1. The number of nitrogens with one attached hydrogen (secondary N) is 1. The number of H-pyrrole nitrogens is 1. The van der Waals surface area contributed by atoms with Gasteiger partial charge in [0.05, 0.1) is 23.6 Å². The van der Waals surface area contributed by atoms with Gasteiger partial charge in [0.25, 0.3) is 5.91 Å². The lowest BCUT2D eigenvalue weighted by Crippen LogP contribution is -2.34. The van der Waals surface area contributed by atoms with Crippen LogP contribution in [0.3, 0.4) is 0 Å². The van der Waals surface area contributed by atoms with Crippen molar-refractivity contribution in [2.24, 2.45) is 5.92 Å². The number of nitrogens with zero attached hydrogens (tertiary/aromatic N) is 4. The summed E-state index contributed by atoms with van der Waals surface area (Å²) in [6, 6.07) is 14.0. The lowest BCUT2D eigenvalue weighted by Gasteiger charge is -2.21. The van der Waals surface area contributed by atoms with Gasteiger partial charge in [0.2, 0.25) is 0 Å². The Bertz CT molecular complexity index is 1130. The monoisotopic (exact) mass is 385 g/mol. The molecule has 4 heterocycles. The molecule has 4 aromatic rings. The molecule has 146 valence electrons. The Kier molecular flexibility index (Phi) is 4.39. The van der Waals surface area contributed by atoms with Crippen LogP contribution in [-0.2, 0) is 6.54 Å². The molecule has 1 saturated heterocycles. The van der Waals surface area contributed by atoms with Gasteiger partial charge in [0, 0.05) is 48.0 Å². The number of carbonyl (C=O) groups is 1. The van der Waals surface area contributed by atoms with Crippen LogP contribution in [0.2, 0.25) is 0 Å². The Labute approximate surface area is 169 Å². The van der Waals surface area contributed by atoms with Crippen molar-refractivity contribution in [2.45, 2.75) is 25.9 Å². The highest BCUT2D eigenvalue weighted by Crippen LogP contribution is 2.28. The molecule has 1 fully saturated rings. The second-order valence-electron chi connectivity index (χ2n) is 7.86. The molecule has 0 bridgehead atoms. The topological polar surface area (TPSA) is 66.8 Å². The summed E-state index contributed by atoms with van der Waals surface area (Å²) >= 11 is 0. The first-order chi connectivity index (χ1) is 14.2. The van der Waals surface area contributed by atoms with Crippen LogP contribution in [0.25, 0.3) is 22.2 Å². The second kappa shape index (κ2) is 7.20. The Balaban J connectivity index is 1.33. The molecule has 0 radical (unpaired) electrons. The average molecular weight is 385 g/mol. The van der Waals surface area contributed by atoms with Gasteiger partial charge >= 0.3 is 0 Å². The van der Waals surface area contributed by atoms with E-state index < -0.39 is 0 Å². The summed E-state index contributed by atoms with van der Waals surface area (Å²) in [5, 5.41) is 8.00. The first-order valence-electron chi connectivity index (χ1n) is 9.99. The predicted octanol–water partition coefficient (Wildman–Crippen LogP) is 3.98. The quantitative estimate of drug-likeness (QED) is 0.578. The fourth-order valence-corrected chi connectivity index (χ4v) is 4.38. The zero-order chi connectivity index (χ0) is 19.8. The fraction of sp³-hybridized carbons (Fsp3) is 0.261. The molecule has 1 N–H and O–H groups in total. The molecule has 6 heteroatoms. The van der Waals surface area contributed by atoms with Gasteiger partial charge < -0.3 is 9.47 Å². The summed E-state index contributed by atoms with van der Waals surface area (Å²) in [6.07, 6.45) is 8.70. The van der Waals surface area contributed by atoms with E-state index in [4.69, 9.17) is 0 Å². The van der Waals surface area contributed by atoms with E-state index in [0.29, 0.717) is 5.92 Å². The molecule has 0 saturated carbocycles. The van der Waals surface area contributed by atoms with Gasteiger partial charge in [-0.25, -0.2) is 0 Å². The third-order valence-corrected chi connectivity index (χ3v) is 5.85. The number of amides is 1. The van der Waals surface area contributed by atoms with E-state index in [9.17, 15) is 4.79 Å². The molecule has 2 atom stereocenters. The average Bonchev–Trinajstić information content (AvgIpc) is 3.49. The lowest BCUT2D eigenvalue weighted by atomic mass is 10.1. The molecule has 3 aromatic heterocycles. The highest BCUT2D eigenvalue weighted by Gasteiger charge is 2.33. The highest BCUT2D eigenvalue weighted by molar-refractivity contribution is 5.94. The molecule has 1 aromatic carbocycles. The number of carbonyl (C=O) groups excluding carboxylic acids is 1. The zero-order valence-corrected chi connectivity index (χ0v) is 16.3. The number of pyridine rings is 1. The van der Waals surface area contributed by atoms with Gasteiger partial charge in [-0.05, 0) is 43.5 Å². The summed E-state index contributed by atoms with van der Waals surface area (Å²) < 4.78 is 2.26. The molecule has 1 aliphatic heterocycles. The van der Waals surface area contributed by atoms with Crippen LogP contribution in [0.5, 0.6) is 0 Å². The molecule has 5 rings (SSSR count). The zero-order valence-electron chi connectivity index (χ0n) is 16.3. The SMILES string of the molecule is C[C@H]1CC(Cn2ccc3cc(-c4cn[nH]c4)ncc32)CN1C(=O)c1ccccc1. The van der Waals surface area contributed by atoms with Crippen molar-refractivity contribution in [3.63, 3.8) is 0 Å². The Morgan fingerprint density at radius 3 is 2.86 bits per heavy atom. The summed E-state index contributed by atoms with van der Waals surface area (Å²) in [7, 11) is 0. The first kappa shape index (κ1) is 17.7. The standard InChI is InChI=1S/C23H23N5O/c1-16-9-17(15-28(16)23(29)18-5-3-2-4-6-18)14-27-8-7-19-10-21(24-13-22(19)27)20-11-25-26-12-20/h2-8,10-13,16-17H,9,14-15H2,1H3,(H,25,26)/t16-,17?/m0/s1. The van der Waals surface area contributed by atoms with Crippen LogP contribution >= 0.6 is 0 Å². The van der Waals surface area contributed by atoms with Gasteiger partial charge in [0.1, 0.15) is 0 Å². The first-order valence-corrected chi connectivity index (χ1v) is 9.99. The van der Waals surface area contributed by atoms with Gasteiger partial charge in [-0.3, -0.25) is 14.9 Å². The van der Waals surface area contributed by atoms with Crippen LogP contribution in [-0.4, -0.2) is 43.1 Å². The van der Waals surface area contributed by atoms with Crippen LogP contribution < -0.4 is 0 Å². The van der Waals surface area contributed by atoms with E-state index >= 15 is 0 Å². The number of hydrogen-bond donors (Lipinski definition) is 1. The maximum absolute atomic E-state index is 12.9. The third-order valence-electron chi connectivity index (χ3n) is 5.85. The number of fused-ring (bicyclic) bond motifs is 1. The van der Waals surface area contributed by atoms with Crippen LogP contribution in [0, 0.1) is 5.92 Å². The fourth-order valence-electron chi connectivity index (χ4n) is 4.38. The van der Waals surface area contributed by atoms with Crippen molar-refractivity contribution in [3.05, 3.63) is 72.8 Å². The van der Waals surface area contributed by atoms with E-state index in [1.54, 1.807) is 6.20 Å². The van der Waals surface area contributed by atoms with Crippen molar-refractivity contribution in [1.82, 2.24) is 24.6 Å². The minimum absolute atomic E-state index is 0.129. The maximum Gasteiger partial charge on any atom is 0.254 e. The van der Waals surface area contributed by atoms with E-state index in [1.165, 1.54) is 5.39 Å². The number of hydrogen-bond acceptors (Lipinski definition) is 3. The minimum atomic E-state index is 0.129. The third kappa shape index (κ3) is 3.31.